The van der Waals surface area contributed by atoms with E-state index in [1.807, 2.05) is 6.92 Å². The first-order chi connectivity index (χ1) is 23.1. The number of hydrogen-bond donors (Lipinski definition) is 2. The number of nitrogen functional groups attached to an aromatic ring is 1. The van der Waals surface area contributed by atoms with Crippen molar-refractivity contribution in [1.29, 1.82) is 0 Å². The largest absolute Gasteiger partial charge is 0.472 e. The van der Waals surface area contributed by atoms with Crippen LogP contribution in [0.5, 0.6) is 11.9 Å². The molecule has 0 amide bonds. The molecule has 1 unspecified atom stereocenters. The van der Waals surface area contributed by atoms with Gasteiger partial charge in [0.05, 0.1) is 23.8 Å². The minimum Gasteiger partial charge on any atom is -0.472 e. The van der Waals surface area contributed by atoms with E-state index >= 15 is 8.78 Å². The molecule has 5 aliphatic rings. The third-order valence-corrected chi connectivity index (χ3v) is 11.0. The highest BCUT2D eigenvalue weighted by Crippen LogP contribution is 2.48. The lowest BCUT2D eigenvalue weighted by Gasteiger charge is -2.42. The lowest BCUT2D eigenvalue weighted by Crippen LogP contribution is -2.62. The van der Waals surface area contributed by atoms with Crippen LogP contribution >= 0.6 is 0 Å². The Morgan fingerprint density at radius 3 is 2.85 bits per heavy atom. The van der Waals surface area contributed by atoms with Gasteiger partial charge in [-0.25, -0.2) is 22.5 Å². The van der Waals surface area contributed by atoms with Crippen LogP contribution in [-0.2, 0) is 0 Å². The van der Waals surface area contributed by atoms with Crippen LogP contribution in [0.3, 0.4) is 0 Å². The van der Waals surface area contributed by atoms with Gasteiger partial charge in [-0.1, -0.05) is 18.1 Å². The number of piperazine rings is 1. The van der Waals surface area contributed by atoms with Crippen LogP contribution in [0.4, 0.5) is 29.1 Å². The number of halogens is 4. The molecule has 48 heavy (non-hydrogen) atoms. The molecule has 248 valence electrons. The maximum Gasteiger partial charge on any atom is 0.319 e. The molecule has 0 saturated carbocycles. The lowest BCUT2D eigenvalue weighted by atomic mass is 9.94. The van der Waals surface area contributed by atoms with Crippen LogP contribution in [0, 0.1) is 24.0 Å². The predicted molar refractivity (Wildman–Crippen MR) is 172 cm³/mol. The fourth-order valence-electron chi connectivity index (χ4n) is 8.98. The quantitative estimate of drug-likeness (QED) is 0.178. The van der Waals surface area contributed by atoms with Crippen molar-refractivity contribution < 1.29 is 27.0 Å². The topological polar surface area (TPSA) is 102 Å². The third-order valence-electron chi connectivity index (χ3n) is 11.0. The van der Waals surface area contributed by atoms with Crippen molar-refractivity contribution in [2.45, 2.75) is 74.7 Å². The second kappa shape index (κ2) is 10.3. The van der Waals surface area contributed by atoms with E-state index < -0.39 is 29.2 Å². The zero-order valence-corrected chi connectivity index (χ0v) is 26.2. The summed E-state index contributed by atoms with van der Waals surface area (Å²) in [6.45, 7) is 2.72. The second-order valence-electron chi connectivity index (χ2n) is 13.9. The molecular weight excluding hydrogens is 626 g/mol. The average Bonchev–Trinajstić information content (AvgIpc) is 3.68. The molecule has 4 fully saturated rings. The Hall–Kier alpha value is -4.41. The molecule has 3 N–H and O–H groups in total. The van der Waals surface area contributed by atoms with Crippen molar-refractivity contribution in [2.24, 2.45) is 0 Å². The zero-order valence-electron chi connectivity index (χ0n) is 26.2. The Kier molecular flexibility index (Phi) is 6.37. The fourth-order valence-corrected chi connectivity index (χ4v) is 8.98. The molecule has 5 aliphatic heterocycles. The maximum absolute atomic E-state index is 17.1. The number of fused-ring (bicyclic) bond motifs is 7. The van der Waals surface area contributed by atoms with Crippen molar-refractivity contribution in [3.63, 3.8) is 0 Å². The second-order valence-corrected chi connectivity index (χ2v) is 13.9. The number of terminal acetylenes is 1. The van der Waals surface area contributed by atoms with Gasteiger partial charge in [-0.2, -0.15) is 9.97 Å². The Morgan fingerprint density at radius 2 is 2.02 bits per heavy atom. The summed E-state index contributed by atoms with van der Waals surface area (Å²) in [7, 11) is 0. The van der Waals surface area contributed by atoms with E-state index in [1.165, 1.54) is 12.1 Å². The van der Waals surface area contributed by atoms with Crippen LogP contribution in [-0.4, -0.2) is 81.8 Å². The van der Waals surface area contributed by atoms with Gasteiger partial charge in [-0.05, 0) is 51.3 Å². The Balaban J connectivity index is 1.26. The van der Waals surface area contributed by atoms with E-state index in [2.05, 4.69) is 21.1 Å². The van der Waals surface area contributed by atoms with Crippen molar-refractivity contribution in [1.82, 2.24) is 25.2 Å². The van der Waals surface area contributed by atoms with Crippen molar-refractivity contribution >= 4 is 33.2 Å². The van der Waals surface area contributed by atoms with Crippen LogP contribution in [0.1, 0.15) is 44.6 Å². The first-order valence-electron chi connectivity index (χ1n) is 16.4. The summed E-state index contributed by atoms with van der Waals surface area (Å²) in [4.78, 5) is 18.0. The monoisotopic (exact) mass is 659 g/mol. The number of rotatable bonds is 4. The molecule has 5 atom stereocenters. The van der Waals surface area contributed by atoms with Gasteiger partial charge in [0.15, 0.2) is 11.6 Å². The highest BCUT2D eigenvalue weighted by molar-refractivity contribution is 6.05. The minimum atomic E-state index is -2.82. The summed E-state index contributed by atoms with van der Waals surface area (Å²) >= 11 is 0. The summed E-state index contributed by atoms with van der Waals surface area (Å²) < 4.78 is 74.3. The third kappa shape index (κ3) is 4.28. The number of hydrogen-bond acceptors (Lipinski definition) is 9. The molecule has 0 spiro atoms. The van der Waals surface area contributed by atoms with Crippen molar-refractivity contribution in [2.75, 3.05) is 36.9 Å². The fraction of sp³-hybridized carbons (Fsp3) is 0.457. The highest BCUT2D eigenvalue weighted by atomic mass is 19.3. The van der Waals surface area contributed by atoms with E-state index in [1.54, 1.807) is 17.0 Å². The average molecular weight is 660 g/mol. The molecule has 0 radical (unpaired) electrons. The molecular formula is C35H33F4N7O2. The van der Waals surface area contributed by atoms with Crippen molar-refractivity contribution in [3.05, 3.63) is 41.5 Å². The van der Waals surface area contributed by atoms with Gasteiger partial charge in [-0.15, -0.1) is 6.42 Å². The standard InChI is InChI=1S/C35H33F4N7O2/c1-3-18-6-4-7-20-24(18)21(12-22(40)26(20)36)28-27(37)29-25-31(46-13-19-8-9-23(41-19)30(46)17(2)48-32(25)42-28)44-33(43-29)47-16-34-10-5-11-45(34)15-35(38,39)14-34/h1,4,6-7,12,17,19,23,30,41H,5,8-11,13-16,40H2,2H3/t17-,19+,23-,30+,34?/m0/s1. The number of aromatic nitrogens is 3. The van der Waals surface area contributed by atoms with Crippen LogP contribution in [0.15, 0.2) is 24.3 Å². The number of anilines is 2. The number of nitrogens with zero attached hydrogens (tertiary/aromatic N) is 5. The Bertz CT molecular complexity index is 2070. The highest BCUT2D eigenvalue weighted by Gasteiger charge is 2.57. The molecule has 2 aromatic carbocycles. The van der Waals surface area contributed by atoms with Crippen LogP contribution in [0.2, 0.25) is 0 Å². The van der Waals surface area contributed by atoms with Gasteiger partial charge >= 0.3 is 6.01 Å². The van der Waals surface area contributed by atoms with Gasteiger partial charge < -0.3 is 25.4 Å². The van der Waals surface area contributed by atoms with Gasteiger partial charge in [0.25, 0.3) is 5.92 Å². The normalized spacial score (nSPS) is 28.6. The SMILES string of the molecule is C#Cc1cccc2c(F)c(N)cc(-c3nc4c5c(nc(OCC67CCCN6CC(F)(F)C7)nc5c3F)N3C[C@H]5CC[C@H](N5)[C@H]3[C@H](C)O4)c12. The van der Waals surface area contributed by atoms with Crippen molar-refractivity contribution in [3.8, 4) is 35.5 Å². The van der Waals surface area contributed by atoms with Gasteiger partial charge in [-0.3, -0.25) is 4.90 Å². The molecule has 2 aromatic heterocycles. The summed E-state index contributed by atoms with van der Waals surface area (Å²) in [5.74, 6) is -1.21. The van der Waals surface area contributed by atoms with E-state index in [-0.39, 0.29) is 88.2 Å². The molecule has 2 bridgehead atoms. The summed E-state index contributed by atoms with van der Waals surface area (Å²) in [6.07, 6.45) is 8.35. The first-order valence-corrected chi connectivity index (χ1v) is 16.4. The Labute approximate surface area is 273 Å². The smallest absolute Gasteiger partial charge is 0.319 e. The number of nitrogens with one attached hydrogen (secondary N) is 1. The van der Waals surface area contributed by atoms with E-state index in [9.17, 15) is 8.78 Å². The van der Waals surface area contributed by atoms with Gasteiger partial charge in [0, 0.05) is 46.9 Å². The number of nitrogens with two attached hydrogens (primary N) is 1. The summed E-state index contributed by atoms with van der Waals surface area (Å²) in [6, 6.07) is 6.11. The lowest BCUT2D eigenvalue weighted by molar-refractivity contribution is 0.00803. The van der Waals surface area contributed by atoms with Gasteiger partial charge in [0.2, 0.25) is 5.88 Å². The van der Waals surface area contributed by atoms with E-state index in [4.69, 9.17) is 31.6 Å². The van der Waals surface area contributed by atoms with Gasteiger partial charge in [0.1, 0.15) is 35.1 Å². The van der Waals surface area contributed by atoms with E-state index in [0.717, 1.165) is 19.3 Å². The molecule has 9 nitrogen and oxygen atoms in total. The molecule has 0 aliphatic carbocycles. The summed E-state index contributed by atoms with van der Waals surface area (Å²) in [5, 5.41) is 4.36. The zero-order chi connectivity index (χ0) is 33.1. The number of ether oxygens (including phenoxy) is 2. The number of alkyl halides is 2. The molecule has 7 heterocycles. The van der Waals surface area contributed by atoms with Crippen LogP contribution < -0.4 is 25.4 Å². The maximum atomic E-state index is 17.1. The molecule has 13 heteroatoms. The van der Waals surface area contributed by atoms with Crippen LogP contribution in [0.25, 0.3) is 32.9 Å². The molecule has 4 saturated heterocycles. The number of benzene rings is 2. The summed E-state index contributed by atoms with van der Waals surface area (Å²) in [5.41, 5.74) is 5.29. The number of pyridine rings is 1. The molecule has 9 rings (SSSR count). The van der Waals surface area contributed by atoms with E-state index in [0.29, 0.717) is 30.9 Å². The minimum absolute atomic E-state index is 0.0618. The first kappa shape index (κ1) is 29.7. The Morgan fingerprint density at radius 1 is 1.17 bits per heavy atom. The predicted octanol–water partition coefficient (Wildman–Crippen LogP) is 5.03. The molecule has 4 aromatic rings.